The van der Waals surface area contributed by atoms with Crippen LogP contribution in [0, 0.1) is 5.92 Å². The summed E-state index contributed by atoms with van der Waals surface area (Å²) in [6.07, 6.45) is 0. The maximum atomic E-state index is 12.2. The minimum absolute atomic E-state index is 0.0781. The molecule has 1 aromatic carbocycles. The summed E-state index contributed by atoms with van der Waals surface area (Å²) >= 11 is 6.09. The SMILES string of the molecule is C[C@H]1COC[C@H]1NC(=O)c1cc2cccc(Cl)c2[nH]1. The number of hydrogen-bond acceptors (Lipinski definition) is 2. The van der Waals surface area contributed by atoms with Gasteiger partial charge >= 0.3 is 0 Å². The van der Waals surface area contributed by atoms with Crippen LogP contribution < -0.4 is 5.32 Å². The van der Waals surface area contributed by atoms with E-state index in [1.807, 2.05) is 18.2 Å². The quantitative estimate of drug-likeness (QED) is 0.887. The van der Waals surface area contributed by atoms with Crippen molar-refractivity contribution in [3.8, 4) is 0 Å². The van der Waals surface area contributed by atoms with Gasteiger partial charge in [-0.05, 0) is 12.1 Å². The second kappa shape index (κ2) is 4.87. The summed E-state index contributed by atoms with van der Waals surface area (Å²) in [6, 6.07) is 7.49. The van der Waals surface area contributed by atoms with Crippen molar-refractivity contribution < 1.29 is 9.53 Å². The van der Waals surface area contributed by atoms with Gasteiger partial charge in [0.05, 0.1) is 29.8 Å². The molecule has 0 saturated carbocycles. The lowest BCUT2D eigenvalue weighted by Crippen LogP contribution is -2.39. The van der Waals surface area contributed by atoms with Crippen molar-refractivity contribution in [1.29, 1.82) is 0 Å². The first-order valence-electron chi connectivity index (χ1n) is 6.31. The third kappa shape index (κ3) is 2.33. The molecule has 19 heavy (non-hydrogen) atoms. The first-order chi connectivity index (χ1) is 9.15. The number of aromatic amines is 1. The molecule has 1 aromatic heterocycles. The number of halogens is 1. The number of fused-ring (bicyclic) bond motifs is 1. The van der Waals surface area contributed by atoms with Gasteiger partial charge in [-0.2, -0.15) is 0 Å². The van der Waals surface area contributed by atoms with Gasteiger partial charge in [0.1, 0.15) is 5.69 Å². The molecule has 0 aliphatic carbocycles. The molecule has 3 rings (SSSR count). The van der Waals surface area contributed by atoms with Crippen molar-refractivity contribution in [3.05, 3.63) is 35.0 Å². The monoisotopic (exact) mass is 278 g/mol. The molecule has 2 heterocycles. The van der Waals surface area contributed by atoms with Crippen molar-refractivity contribution in [3.63, 3.8) is 0 Å². The molecule has 1 aliphatic rings. The molecule has 100 valence electrons. The predicted molar refractivity (Wildman–Crippen MR) is 74.5 cm³/mol. The topological polar surface area (TPSA) is 54.1 Å². The van der Waals surface area contributed by atoms with Crippen molar-refractivity contribution in [1.82, 2.24) is 10.3 Å². The van der Waals surface area contributed by atoms with Gasteiger partial charge in [-0.1, -0.05) is 30.7 Å². The molecule has 0 radical (unpaired) electrons. The fourth-order valence-electron chi connectivity index (χ4n) is 2.33. The normalized spacial score (nSPS) is 22.8. The van der Waals surface area contributed by atoms with Gasteiger partial charge in [0.25, 0.3) is 5.91 Å². The fourth-order valence-corrected chi connectivity index (χ4v) is 2.56. The molecule has 0 unspecified atom stereocenters. The Morgan fingerprint density at radius 2 is 2.32 bits per heavy atom. The van der Waals surface area contributed by atoms with Gasteiger partial charge in [-0.3, -0.25) is 4.79 Å². The van der Waals surface area contributed by atoms with Gasteiger partial charge in [-0.15, -0.1) is 0 Å². The number of H-pyrrole nitrogens is 1. The molecule has 2 N–H and O–H groups in total. The Balaban J connectivity index is 1.83. The van der Waals surface area contributed by atoms with Crippen LogP contribution in [0.1, 0.15) is 17.4 Å². The lowest BCUT2D eigenvalue weighted by atomic mass is 10.1. The number of para-hydroxylation sites is 1. The smallest absolute Gasteiger partial charge is 0.268 e. The zero-order chi connectivity index (χ0) is 13.4. The molecule has 1 saturated heterocycles. The highest BCUT2D eigenvalue weighted by Crippen LogP contribution is 2.23. The minimum Gasteiger partial charge on any atom is -0.379 e. The van der Waals surface area contributed by atoms with E-state index in [-0.39, 0.29) is 11.9 Å². The number of aromatic nitrogens is 1. The lowest BCUT2D eigenvalue weighted by Gasteiger charge is -2.14. The summed E-state index contributed by atoms with van der Waals surface area (Å²) < 4.78 is 5.34. The summed E-state index contributed by atoms with van der Waals surface area (Å²) in [6.45, 7) is 3.34. The average molecular weight is 279 g/mol. The molecule has 5 heteroatoms. The van der Waals surface area contributed by atoms with E-state index in [4.69, 9.17) is 16.3 Å². The third-order valence-corrected chi connectivity index (χ3v) is 3.85. The number of carbonyl (C=O) groups is 1. The Morgan fingerprint density at radius 3 is 3.00 bits per heavy atom. The maximum Gasteiger partial charge on any atom is 0.268 e. The zero-order valence-electron chi connectivity index (χ0n) is 10.6. The first kappa shape index (κ1) is 12.5. The second-order valence-electron chi connectivity index (χ2n) is 4.98. The van der Waals surface area contributed by atoms with Crippen LogP contribution in [0.25, 0.3) is 10.9 Å². The van der Waals surface area contributed by atoms with Crippen LogP contribution in [-0.2, 0) is 4.74 Å². The second-order valence-corrected chi connectivity index (χ2v) is 5.39. The number of rotatable bonds is 2. The number of hydrogen-bond donors (Lipinski definition) is 2. The molecule has 1 fully saturated rings. The third-order valence-electron chi connectivity index (χ3n) is 3.53. The van der Waals surface area contributed by atoms with Crippen LogP contribution in [0.5, 0.6) is 0 Å². The van der Waals surface area contributed by atoms with Crippen LogP contribution in [0.15, 0.2) is 24.3 Å². The highest BCUT2D eigenvalue weighted by molar-refractivity contribution is 6.35. The van der Waals surface area contributed by atoms with Gasteiger partial charge in [-0.25, -0.2) is 0 Å². The van der Waals surface area contributed by atoms with Crippen molar-refractivity contribution in [2.45, 2.75) is 13.0 Å². The number of benzene rings is 1. The van der Waals surface area contributed by atoms with E-state index >= 15 is 0 Å². The Labute approximate surface area is 116 Å². The summed E-state index contributed by atoms with van der Waals surface area (Å²) in [5.41, 5.74) is 1.33. The van der Waals surface area contributed by atoms with Gasteiger partial charge in [0.2, 0.25) is 0 Å². The van der Waals surface area contributed by atoms with E-state index in [0.29, 0.717) is 29.8 Å². The molecule has 0 bridgehead atoms. The van der Waals surface area contributed by atoms with E-state index < -0.39 is 0 Å². The summed E-state index contributed by atoms with van der Waals surface area (Å²) in [4.78, 5) is 15.3. The molecule has 1 amide bonds. The van der Waals surface area contributed by atoms with Crippen LogP contribution in [0.3, 0.4) is 0 Å². The number of ether oxygens (including phenoxy) is 1. The first-order valence-corrected chi connectivity index (χ1v) is 6.69. The molecular formula is C14H15ClN2O2. The lowest BCUT2D eigenvalue weighted by molar-refractivity contribution is 0.0922. The summed E-state index contributed by atoms with van der Waals surface area (Å²) in [5, 5.41) is 4.54. The molecular weight excluding hydrogens is 264 g/mol. The largest absolute Gasteiger partial charge is 0.379 e. The Kier molecular flexibility index (Phi) is 3.21. The van der Waals surface area contributed by atoms with Crippen LogP contribution >= 0.6 is 11.6 Å². The van der Waals surface area contributed by atoms with Crippen molar-refractivity contribution in [2.75, 3.05) is 13.2 Å². The minimum atomic E-state index is -0.116. The number of nitrogens with one attached hydrogen (secondary N) is 2. The van der Waals surface area contributed by atoms with Crippen molar-refractivity contribution >= 4 is 28.4 Å². The Bertz CT molecular complexity index is 623. The predicted octanol–water partition coefficient (Wildman–Crippen LogP) is 2.59. The van der Waals surface area contributed by atoms with E-state index in [2.05, 4.69) is 17.2 Å². The summed E-state index contributed by atoms with van der Waals surface area (Å²) in [7, 11) is 0. The zero-order valence-corrected chi connectivity index (χ0v) is 11.3. The molecule has 2 aromatic rings. The van der Waals surface area contributed by atoms with Gasteiger partial charge < -0.3 is 15.0 Å². The standard InChI is InChI=1S/C14H15ClN2O2/c1-8-6-19-7-12(8)17-14(18)11-5-9-3-2-4-10(15)13(9)16-11/h2-5,8,12,16H,6-7H2,1H3,(H,17,18)/t8-,12+/m0/s1. The van der Waals surface area contributed by atoms with E-state index in [1.165, 1.54) is 0 Å². The van der Waals surface area contributed by atoms with E-state index in [1.54, 1.807) is 6.07 Å². The molecule has 2 atom stereocenters. The maximum absolute atomic E-state index is 12.2. The van der Waals surface area contributed by atoms with Crippen LogP contribution in [0.4, 0.5) is 0 Å². The van der Waals surface area contributed by atoms with E-state index in [9.17, 15) is 4.79 Å². The highest BCUT2D eigenvalue weighted by atomic mass is 35.5. The molecule has 4 nitrogen and oxygen atoms in total. The summed E-state index contributed by atoms with van der Waals surface area (Å²) in [5.74, 6) is 0.228. The number of amides is 1. The molecule has 1 aliphatic heterocycles. The Hall–Kier alpha value is -1.52. The van der Waals surface area contributed by atoms with Crippen LogP contribution in [0.2, 0.25) is 5.02 Å². The molecule has 0 spiro atoms. The van der Waals surface area contributed by atoms with E-state index in [0.717, 1.165) is 10.9 Å². The van der Waals surface area contributed by atoms with Crippen LogP contribution in [-0.4, -0.2) is 30.1 Å². The Morgan fingerprint density at radius 1 is 1.47 bits per heavy atom. The fraction of sp³-hybridized carbons (Fsp3) is 0.357. The van der Waals surface area contributed by atoms with Gasteiger partial charge in [0.15, 0.2) is 0 Å². The van der Waals surface area contributed by atoms with Gasteiger partial charge in [0, 0.05) is 11.3 Å². The average Bonchev–Trinajstić information content (AvgIpc) is 2.97. The highest BCUT2D eigenvalue weighted by Gasteiger charge is 2.26. The number of carbonyl (C=O) groups excluding carboxylic acids is 1. The van der Waals surface area contributed by atoms with Crippen molar-refractivity contribution in [2.24, 2.45) is 5.92 Å².